The summed E-state index contributed by atoms with van der Waals surface area (Å²) in [4.78, 5) is 16.9. The van der Waals surface area contributed by atoms with Crippen LogP contribution in [-0.2, 0) is 4.74 Å². The van der Waals surface area contributed by atoms with Crippen molar-refractivity contribution in [2.24, 2.45) is 0 Å². The molecule has 0 bridgehead atoms. The molecule has 0 aliphatic heterocycles. The van der Waals surface area contributed by atoms with Crippen LogP contribution in [0.3, 0.4) is 0 Å². The fourth-order valence-electron chi connectivity index (χ4n) is 3.75. The maximum Gasteiger partial charge on any atom is 0.251 e. The van der Waals surface area contributed by atoms with Crippen molar-refractivity contribution in [3.05, 3.63) is 65.6 Å². The number of aromatic nitrogens is 3. The van der Waals surface area contributed by atoms with Gasteiger partial charge >= 0.3 is 0 Å². The summed E-state index contributed by atoms with van der Waals surface area (Å²) in [6.45, 7) is 5.30. The summed E-state index contributed by atoms with van der Waals surface area (Å²) in [7, 11) is 3.08. The molecule has 0 radical (unpaired) electrons. The van der Waals surface area contributed by atoms with Crippen LogP contribution in [0.4, 0.5) is 10.1 Å². The molecule has 0 atom stereocenters. The Kier molecular flexibility index (Phi) is 7.65. The normalized spacial score (nSPS) is 10.9. The van der Waals surface area contributed by atoms with Crippen LogP contribution in [0.25, 0.3) is 16.9 Å². The van der Waals surface area contributed by atoms with Gasteiger partial charge in [0.25, 0.3) is 5.91 Å². The number of hydrogen-bond donors (Lipinski definition) is 2. The smallest absolute Gasteiger partial charge is 0.251 e. The van der Waals surface area contributed by atoms with E-state index in [1.54, 1.807) is 36.0 Å². The lowest BCUT2D eigenvalue weighted by Crippen LogP contribution is -2.23. The molecule has 0 unspecified atom stereocenters. The van der Waals surface area contributed by atoms with E-state index in [1.165, 1.54) is 19.2 Å². The molecule has 188 valence electrons. The summed E-state index contributed by atoms with van der Waals surface area (Å²) in [5, 5.41) is 10.7. The summed E-state index contributed by atoms with van der Waals surface area (Å²) < 4.78 is 32.2. The number of aryl methyl sites for hydroxylation is 1. The largest absolute Gasteiger partial charge is 0.497 e. The Balaban J connectivity index is 1.76. The lowest BCUT2D eigenvalue weighted by Gasteiger charge is -2.13. The van der Waals surface area contributed by atoms with Crippen molar-refractivity contribution in [3.63, 3.8) is 0 Å². The van der Waals surface area contributed by atoms with Crippen molar-refractivity contribution in [2.75, 3.05) is 39.2 Å². The van der Waals surface area contributed by atoms with E-state index in [2.05, 4.69) is 20.7 Å². The van der Waals surface area contributed by atoms with Crippen LogP contribution in [0.2, 0.25) is 0 Å². The number of anilines is 1. The molecular weight excluding hydrogens is 465 g/mol. The van der Waals surface area contributed by atoms with E-state index in [9.17, 15) is 9.18 Å². The van der Waals surface area contributed by atoms with Gasteiger partial charge in [-0.05, 0) is 43.7 Å². The minimum absolute atomic E-state index is 0.00860. The molecule has 36 heavy (non-hydrogen) atoms. The van der Waals surface area contributed by atoms with Gasteiger partial charge in [-0.2, -0.15) is 0 Å². The minimum Gasteiger partial charge on any atom is -0.497 e. The molecule has 0 fully saturated rings. The van der Waals surface area contributed by atoms with Gasteiger partial charge in [-0.25, -0.2) is 13.9 Å². The number of benzene rings is 2. The molecule has 4 aromatic rings. The van der Waals surface area contributed by atoms with Gasteiger partial charge in [0.05, 0.1) is 31.3 Å². The molecule has 4 rings (SSSR count). The third-order valence-corrected chi connectivity index (χ3v) is 5.52. The first kappa shape index (κ1) is 24.9. The van der Waals surface area contributed by atoms with Gasteiger partial charge in [-0.15, -0.1) is 5.10 Å². The summed E-state index contributed by atoms with van der Waals surface area (Å²) in [6, 6.07) is 11.5. The molecule has 9 nitrogen and oxygen atoms in total. The Morgan fingerprint density at radius 1 is 1.14 bits per heavy atom. The molecular formula is C26H28FN5O4. The molecule has 0 saturated carbocycles. The molecule has 0 spiro atoms. The lowest BCUT2D eigenvalue weighted by molar-refractivity contribution is 0.0955. The zero-order valence-corrected chi connectivity index (χ0v) is 20.6. The van der Waals surface area contributed by atoms with E-state index >= 15 is 0 Å². The fraction of sp³-hybridized carbons (Fsp3) is 0.269. The summed E-state index contributed by atoms with van der Waals surface area (Å²) >= 11 is 0. The molecule has 2 aromatic carbocycles. The maximum atomic E-state index is 14.6. The Bertz CT molecular complexity index is 1390. The number of nitrogens with zero attached hydrogens (tertiary/aromatic N) is 3. The second kappa shape index (κ2) is 11.0. The van der Waals surface area contributed by atoms with E-state index in [-0.39, 0.29) is 17.5 Å². The van der Waals surface area contributed by atoms with Crippen molar-refractivity contribution in [1.82, 2.24) is 19.9 Å². The van der Waals surface area contributed by atoms with Gasteiger partial charge in [0, 0.05) is 43.5 Å². The zero-order valence-electron chi connectivity index (χ0n) is 20.6. The highest BCUT2D eigenvalue weighted by Crippen LogP contribution is 2.31. The van der Waals surface area contributed by atoms with Crippen molar-refractivity contribution in [2.45, 2.75) is 13.8 Å². The number of ether oxygens (including phenoxy) is 3. The number of carbonyl (C=O) groups is 1. The van der Waals surface area contributed by atoms with Gasteiger partial charge in [-0.1, -0.05) is 6.07 Å². The van der Waals surface area contributed by atoms with Crippen molar-refractivity contribution in [1.29, 1.82) is 0 Å². The third kappa shape index (κ3) is 5.23. The standard InChI is InChI=1S/C26H28FN5O4/c1-5-28-26(33)19-8-6-17(12-16(19)2)22-15-30-25-21(29-10-11-34-3)14-24(31-32(22)25)36-23-9-7-18(35-4)13-20(23)27/h6-9,12-15,29H,5,10-11H2,1-4H3,(H,28,33). The van der Waals surface area contributed by atoms with E-state index in [0.717, 1.165) is 11.1 Å². The highest BCUT2D eigenvalue weighted by molar-refractivity contribution is 5.96. The molecule has 0 aliphatic rings. The molecule has 0 aliphatic carbocycles. The van der Waals surface area contributed by atoms with Gasteiger partial charge in [0.1, 0.15) is 5.75 Å². The first-order valence-electron chi connectivity index (χ1n) is 11.5. The molecule has 0 saturated heterocycles. The average molecular weight is 494 g/mol. The number of halogens is 1. The number of imidazole rings is 1. The highest BCUT2D eigenvalue weighted by Gasteiger charge is 2.17. The van der Waals surface area contributed by atoms with Crippen LogP contribution in [0.5, 0.6) is 17.4 Å². The molecule has 2 heterocycles. The maximum absolute atomic E-state index is 14.6. The first-order chi connectivity index (χ1) is 17.4. The molecule has 2 N–H and O–H groups in total. The van der Waals surface area contributed by atoms with Crippen molar-refractivity contribution >= 4 is 17.2 Å². The van der Waals surface area contributed by atoms with E-state index in [1.807, 2.05) is 26.0 Å². The number of hydrogen-bond acceptors (Lipinski definition) is 7. The van der Waals surface area contributed by atoms with Crippen molar-refractivity contribution in [3.8, 4) is 28.6 Å². The van der Waals surface area contributed by atoms with Crippen LogP contribution in [0.1, 0.15) is 22.8 Å². The van der Waals surface area contributed by atoms with E-state index in [0.29, 0.717) is 48.0 Å². The quantitative estimate of drug-likeness (QED) is 0.315. The molecule has 10 heteroatoms. The van der Waals surface area contributed by atoms with Gasteiger partial charge in [0.15, 0.2) is 17.2 Å². The Morgan fingerprint density at radius 2 is 1.97 bits per heavy atom. The van der Waals surface area contributed by atoms with Crippen molar-refractivity contribution < 1.29 is 23.4 Å². The topological polar surface area (TPSA) is 99.0 Å². The zero-order chi connectivity index (χ0) is 25.7. The number of carbonyl (C=O) groups excluding carboxylic acids is 1. The van der Waals surface area contributed by atoms with E-state index < -0.39 is 5.82 Å². The monoisotopic (exact) mass is 493 g/mol. The number of methoxy groups -OCH3 is 2. The predicted octanol–water partition coefficient (Wildman–Crippen LogP) is 4.45. The summed E-state index contributed by atoms with van der Waals surface area (Å²) in [5.74, 6) is -0.142. The fourth-order valence-corrected chi connectivity index (χ4v) is 3.75. The number of amides is 1. The Hall–Kier alpha value is -4.18. The number of nitrogens with one attached hydrogen (secondary N) is 2. The van der Waals surface area contributed by atoms with E-state index in [4.69, 9.17) is 14.2 Å². The minimum atomic E-state index is -0.576. The number of fused-ring (bicyclic) bond motifs is 1. The second-order valence-electron chi connectivity index (χ2n) is 7.98. The number of rotatable bonds is 10. The van der Waals surface area contributed by atoms with Gasteiger partial charge in [0.2, 0.25) is 5.88 Å². The molecule has 1 amide bonds. The van der Waals surface area contributed by atoms with Gasteiger partial charge < -0.3 is 24.8 Å². The van der Waals surface area contributed by atoms with Gasteiger partial charge in [-0.3, -0.25) is 4.79 Å². The van der Waals surface area contributed by atoms with Crippen LogP contribution in [-0.4, -0.2) is 54.4 Å². The Labute approximate surface area is 208 Å². The average Bonchev–Trinajstić information content (AvgIpc) is 3.29. The Morgan fingerprint density at radius 3 is 2.67 bits per heavy atom. The lowest BCUT2D eigenvalue weighted by atomic mass is 10.0. The van der Waals surface area contributed by atoms with Crippen LogP contribution >= 0.6 is 0 Å². The SMILES string of the molecule is CCNC(=O)c1ccc(-c2cnc3c(NCCOC)cc(Oc4ccc(OC)cc4F)nn23)cc1C. The van der Waals surface area contributed by atoms with Crippen LogP contribution < -0.4 is 20.1 Å². The molecule has 2 aromatic heterocycles. The third-order valence-electron chi connectivity index (χ3n) is 5.52. The highest BCUT2D eigenvalue weighted by atomic mass is 19.1. The first-order valence-corrected chi connectivity index (χ1v) is 11.5. The predicted molar refractivity (Wildman–Crippen MR) is 135 cm³/mol. The van der Waals surface area contributed by atoms with Crippen LogP contribution in [0.15, 0.2) is 48.7 Å². The second-order valence-corrected chi connectivity index (χ2v) is 7.98. The summed E-state index contributed by atoms with van der Waals surface area (Å²) in [5.41, 5.74) is 4.13. The summed E-state index contributed by atoms with van der Waals surface area (Å²) in [6.07, 6.45) is 1.70. The van der Waals surface area contributed by atoms with Crippen LogP contribution in [0, 0.1) is 12.7 Å².